The second-order valence-corrected chi connectivity index (χ2v) is 7.64. The predicted molar refractivity (Wildman–Crippen MR) is 109 cm³/mol. The Balaban J connectivity index is 2.24. The Labute approximate surface area is 164 Å². The summed E-state index contributed by atoms with van der Waals surface area (Å²) in [6.07, 6.45) is 10.4. The Hall–Kier alpha value is -1.68. The van der Waals surface area contributed by atoms with Gasteiger partial charge in [-0.15, -0.1) is 0 Å². The van der Waals surface area contributed by atoms with Crippen molar-refractivity contribution in [3.63, 3.8) is 0 Å². The predicted octanol–water partition coefficient (Wildman–Crippen LogP) is 5.41. The fourth-order valence-corrected chi connectivity index (χ4v) is 3.46. The van der Waals surface area contributed by atoms with Crippen LogP contribution in [0, 0.1) is 5.92 Å². The Kier molecular flexibility index (Phi) is 11.7. The first kappa shape index (κ1) is 23.4. The maximum atomic E-state index is 11.9. The second kappa shape index (κ2) is 13.5. The molecule has 1 aromatic carbocycles. The smallest absolute Gasteiger partial charge is 0.335 e. The van der Waals surface area contributed by atoms with Crippen LogP contribution in [0.4, 0.5) is 0 Å². The number of carboxylic acid groups (broad SMARTS) is 1. The summed E-state index contributed by atoms with van der Waals surface area (Å²) in [7, 11) is 0. The monoisotopic (exact) mass is 376 g/mol. The number of aryl methyl sites for hydroxylation is 1. The van der Waals surface area contributed by atoms with Crippen LogP contribution >= 0.6 is 0 Å². The molecule has 0 radical (unpaired) electrons. The van der Waals surface area contributed by atoms with E-state index in [0.29, 0.717) is 5.56 Å². The summed E-state index contributed by atoms with van der Waals surface area (Å²) in [4.78, 5) is 22.7. The molecule has 0 saturated heterocycles. The van der Waals surface area contributed by atoms with Crippen LogP contribution in [-0.4, -0.2) is 28.1 Å². The van der Waals surface area contributed by atoms with Gasteiger partial charge < -0.3 is 10.2 Å². The van der Waals surface area contributed by atoms with E-state index in [1.807, 2.05) is 12.1 Å². The van der Waals surface area contributed by atoms with Gasteiger partial charge in [-0.05, 0) is 63.1 Å². The molecule has 0 aliphatic carbocycles. The average molecular weight is 377 g/mol. The van der Waals surface area contributed by atoms with Gasteiger partial charge in [-0.2, -0.15) is 0 Å². The molecule has 27 heavy (non-hydrogen) atoms. The third kappa shape index (κ3) is 10.3. The maximum Gasteiger partial charge on any atom is 0.335 e. The summed E-state index contributed by atoms with van der Waals surface area (Å²) >= 11 is 0. The van der Waals surface area contributed by atoms with Crippen LogP contribution in [0.15, 0.2) is 24.3 Å². The number of ketones is 1. The molecule has 0 amide bonds. The number of carbonyl (C=O) groups is 2. The normalized spacial score (nSPS) is 13.3. The summed E-state index contributed by atoms with van der Waals surface area (Å²) in [5, 5.41) is 18.9. The van der Waals surface area contributed by atoms with Crippen molar-refractivity contribution in [1.82, 2.24) is 0 Å². The lowest BCUT2D eigenvalue weighted by Crippen LogP contribution is -2.13. The van der Waals surface area contributed by atoms with Crippen LogP contribution < -0.4 is 0 Å². The van der Waals surface area contributed by atoms with Gasteiger partial charge in [0.2, 0.25) is 0 Å². The number of aliphatic hydroxyl groups is 1. The van der Waals surface area contributed by atoms with E-state index < -0.39 is 5.97 Å². The fourth-order valence-electron chi connectivity index (χ4n) is 3.46. The zero-order valence-electron chi connectivity index (χ0n) is 17.0. The van der Waals surface area contributed by atoms with Gasteiger partial charge in [-0.25, -0.2) is 4.79 Å². The molecule has 0 spiro atoms. The van der Waals surface area contributed by atoms with E-state index in [9.17, 15) is 14.7 Å². The summed E-state index contributed by atoms with van der Waals surface area (Å²) in [5.74, 6) is -0.551. The van der Waals surface area contributed by atoms with E-state index in [2.05, 4.69) is 6.92 Å². The molecule has 0 bridgehead atoms. The summed E-state index contributed by atoms with van der Waals surface area (Å²) < 4.78 is 0. The lowest BCUT2D eigenvalue weighted by molar-refractivity contribution is -0.121. The molecule has 1 rings (SSSR count). The van der Waals surface area contributed by atoms with Crippen molar-refractivity contribution in [2.75, 3.05) is 0 Å². The number of hydrogen-bond acceptors (Lipinski definition) is 3. The summed E-state index contributed by atoms with van der Waals surface area (Å²) in [5.41, 5.74) is 1.45. The number of hydrogen-bond donors (Lipinski definition) is 2. The van der Waals surface area contributed by atoms with E-state index in [-0.39, 0.29) is 17.8 Å². The van der Waals surface area contributed by atoms with Crippen molar-refractivity contribution < 1.29 is 19.8 Å². The highest BCUT2D eigenvalue weighted by Crippen LogP contribution is 2.20. The van der Waals surface area contributed by atoms with E-state index >= 15 is 0 Å². The van der Waals surface area contributed by atoms with Gasteiger partial charge >= 0.3 is 5.97 Å². The van der Waals surface area contributed by atoms with Gasteiger partial charge in [0.1, 0.15) is 5.78 Å². The van der Waals surface area contributed by atoms with Crippen molar-refractivity contribution in [3.05, 3.63) is 35.4 Å². The van der Waals surface area contributed by atoms with Gasteiger partial charge in [0.25, 0.3) is 0 Å². The molecule has 2 atom stereocenters. The first-order valence-electron chi connectivity index (χ1n) is 10.4. The number of Topliss-reactive ketones (excluding diaryl/α,β-unsaturated/α-hetero) is 1. The van der Waals surface area contributed by atoms with E-state index in [1.54, 1.807) is 19.1 Å². The SMILES string of the molecule is CCCCCC(O)CCCC(CCCCc1ccc(C(=O)O)cc1)C(C)=O. The summed E-state index contributed by atoms with van der Waals surface area (Å²) in [6.45, 7) is 3.84. The quantitative estimate of drug-likeness (QED) is 0.401. The molecule has 0 fully saturated rings. The first-order valence-corrected chi connectivity index (χ1v) is 10.4. The highest BCUT2D eigenvalue weighted by molar-refractivity contribution is 5.87. The number of rotatable bonds is 15. The molecule has 2 unspecified atom stereocenters. The molecule has 0 saturated carbocycles. The molecule has 4 nitrogen and oxygen atoms in total. The van der Waals surface area contributed by atoms with E-state index in [4.69, 9.17) is 5.11 Å². The fraction of sp³-hybridized carbons (Fsp3) is 0.652. The Morgan fingerprint density at radius 2 is 1.48 bits per heavy atom. The van der Waals surface area contributed by atoms with Crippen LogP contribution in [0.25, 0.3) is 0 Å². The van der Waals surface area contributed by atoms with Crippen LogP contribution in [0.3, 0.4) is 0 Å². The molecule has 1 aromatic rings. The maximum absolute atomic E-state index is 11.9. The van der Waals surface area contributed by atoms with Crippen molar-refractivity contribution in [1.29, 1.82) is 0 Å². The van der Waals surface area contributed by atoms with Gasteiger partial charge in [0.05, 0.1) is 11.7 Å². The number of carbonyl (C=O) groups excluding carboxylic acids is 1. The Bertz CT molecular complexity index is 550. The topological polar surface area (TPSA) is 74.6 Å². The third-order valence-electron chi connectivity index (χ3n) is 5.27. The van der Waals surface area contributed by atoms with E-state index in [0.717, 1.165) is 63.4 Å². The molecule has 0 aliphatic rings. The van der Waals surface area contributed by atoms with Gasteiger partial charge in [-0.1, -0.05) is 51.2 Å². The number of aromatic carboxylic acids is 1. The van der Waals surface area contributed by atoms with Crippen LogP contribution in [0.2, 0.25) is 0 Å². The van der Waals surface area contributed by atoms with Crippen LogP contribution in [0.1, 0.15) is 94.0 Å². The highest BCUT2D eigenvalue weighted by atomic mass is 16.4. The molecule has 0 aliphatic heterocycles. The number of carboxylic acids is 1. The van der Waals surface area contributed by atoms with Gasteiger partial charge in [-0.3, -0.25) is 4.79 Å². The Morgan fingerprint density at radius 1 is 0.889 bits per heavy atom. The van der Waals surface area contributed by atoms with Gasteiger partial charge in [0.15, 0.2) is 0 Å². The standard InChI is InChI=1S/C23H36O4/c1-3-4-5-12-22(25)13-8-11-20(18(2)24)10-7-6-9-19-14-16-21(17-15-19)23(26)27/h14-17,20,22,25H,3-13H2,1-2H3,(H,26,27). The lowest BCUT2D eigenvalue weighted by atomic mass is 9.90. The molecular formula is C23H36O4. The van der Waals surface area contributed by atoms with Crippen molar-refractivity contribution in [2.45, 2.75) is 90.6 Å². The second-order valence-electron chi connectivity index (χ2n) is 7.64. The van der Waals surface area contributed by atoms with E-state index in [1.165, 1.54) is 12.8 Å². The lowest BCUT2D eigenvalue weighted by Gasteiger charge is -2.15. The third-order valence-corrected chi connectivity index (χ3v) is 5.27. The molecule has 2 N–H and O–H groups in total. The van der Waals surface area contributed by atoms with Gasteiger partial charge in [0, 0.05) is 5.92 Å². The number of aliphatic hydroxyl groups excluding tert-OH is 1. The van der Waals surface area contributed by atoms with Crippen molar-refractivity contribution >= 4 is 11.8 Å². The van der Waals surface area contributed by atoms with Crippen molar-refractivity contribution in [2.24, 2.45) is 5.92 Å². The first-order chi connectivity index (χ1) is 12.9. The Morgan fingerprint density at radius 3 is 2.07 bits per heavy atom. The molecular weight excluding hydrogens is 340 g/mol. The minimum absolute atomic E-state index is 0.0993. The average Bonchev–Trinajstić information content (AvgIpc) is 2.64. The zero-order valence-corrected chi connectivity index (χ0v) is 17.0. The zero-order chi connectivity index (χ0) is 20.1. The molecule has 0 aromatic heterocycles. The minimum atomic E-state index is -0.902. The number of benzene rings is 1. The molecule has 4 heteroatoms. The molecule has 152 valence electrons. The van der Waals surface area contributed by atoms with Crippen LogP contribution in [-0.2, 0) is 11.2 Å². The van der Waals surface area contributed by atoms with Crippen LogP contribution in [0.5, 0.6) is 0 Å². The largest absolute Gasteiger partial charge is 0.478 e. The molecule has 0 heterocycles. The number of unbranched alkanes of at least 4 members (excludes halogenated alkanes) is 3. The van der Waals surface area contributed by atoms with Crippen molar-refractivity contribution in [3.8, 4) is 0 Å². The minimum Gasteiger partial charge on any atom is -0.478 e. The highest BCUT2D eigenvalue weighted by Gasteiger charge is 2.14. The summed E-state index contributed by atoms with van der Waals surface area (Å²) in [6, 6.07) is 7.02.